The van der Waals surface area contributed by atoms with Gasteiger partial charge in [0.15, 0.2) is 0 Å². The zero-order chi connectivity index (χ0) is 10.4. The van der Waals surface area contributed by atoms with Gasteiger partial charge < -0.3 is 10.8 Å². The quantitative estimate of drug-likeness (QED) is 0.693. The van der Waals surface area contributed by atoms with Crippen LogP contribution in [0.25, 0.3) is 0 Å². The number of hydrogen-bond donors (Lipinski definition) is 2. The average Bonchev–Trinajstić information content (AvgIpc) is 2.02. The summed E-state index contributed by atoms with van der Waals surface area (Å²) in [6.07, 6.45) is 1.15. The van der Waals surface area contributed by atoms with Crippen molar-refractivity contribution in [2.45, 2.75) is 50.2 Å². The maximum Gasteiger partial charge on any atom is 0.304 e. The lowest BCUT2D eigenvalue weighted by Crippen LogP contribution is -2.33. The Morgan fingerprint density at radius 1 is 1.54 bits per heavy atom. The number of aliphatic carboxylic acids is 1. The van der Waals surface area contributed by atoms with Gasteiger partial charge in [-0.15, -0.1) is 0 Å². The highest BCUT2D eigenvalue weighted by atomic mass is 32.2. The van der Waals surface area contributed by atoms with Crippen molar-refractivity contribution >= 4 is 17.7 Å². The Hall–Kier alpha value is -0.220. The van der Waals surface area contributed by atoms with E-state index in [1.54, 1.807) is 11.8 Å². The highest BCUT2D eigenvalue weighted by Gasteiger charge is 2.18. The molecule has 1 unspecified atom stereocenters. The van der Waals surface area contributed by atoms with E-state index in [9.17, 15) is 4.79 Å². The van der Waals surface area contributed by atoms with Crippen LogP contribution in [0.1, 0.15) is 33.6 Å². The maximum absolute atomic E-state index is 10.4. The van der Waals surface area contributed by atoms with Crippen molar-refractivity contribution < 1.29 is 9.90 Å². The standard InChI is InChI=1S/C9H19NO2S/c1-4-6(2)13-7(3)8(10)5-9(11)12/h6-8H,4-5,10H2,1-3H3,(H,11,12)/t6?,7-,8-/m0/s1. The fourth-order valence-corrected chi connectivity index (χ4v) is 2.15. The van der Waals surface area contributed by atoms with Crippen LogP contribution in [0.4, 0.5) is 0 Å². The normalized spacial score (nSPS) is 17.8. The minimum Gasteiger partial charge on any atom is -0.481 e. The van der Waals surface area contributed by atoms with E-state index in [0.29, 0.717) is 5.25 Å². The summed E-state index contributed by atoms with van der Waals surface area (Å²) in [6.45, 7) is 6.24. The predicted molar refractivity (Wildman–Crippen MR) is 57.0 cm³/mol. The Kier molecular flexibility index (Phi) is 6.16. The highest BCUT2D eigenvalue weighted by Crippen LogP contribution is 2.22. The Morgan fingerprint density at radius 2 is 2.08 bits per heavy atom. The van der Waals surface area contributed by atoms with Gasteiger partial charge in [0, 0.05) is 16.5 Å². The molecule has 0 aliphatic carbocycles. The van der Waals surface area contributed by atoms with Crippen LogP contribution >= 0.6 is 11.8 Å². The van der Waals surface area contributed by atoms with Gasteiger partial charge in [-0.25, -0.2) is 0 Å². The number of carbonyl (C=O) groups is 1. The lowest BCUT2D eigenvalue weighted by Gasteiger charge is -2.20. The number of hydrogen-bond acceptors (Lipinski definition) is 3. The van der Waals surface area contributed by atoms with Gasteiger partial charge in [0.1, 0.15) is 0 Å². The Labute approximate surface area is 84.1 Å². The molecule has 0 aromatic rings. The van der Waals surface area contributed by atoms with Crippen LogP contribution in [0.3, 0.4) is 0 Å². The van der Waals surface area contributed by atoms with Gasteiger partial charge in [-0.1, -0.05) is 20.8 Å². The molecule has 0 fully saturated rings. The minimum atomic E-state index is -0.816. The molecular formula is C9H19NO2S. The second-order valence-electron chi connectivity index (χ2n) is 3.32. The van der Waals surface area contributed by atoms with E-state index in [1.165, 1.54) is 0 Å². The van der Waals surface area contributed by atoms with E-state index in [4.69, 9.17) is 10.8 Å². The number of rotatable bonds is 6. The van der Waals surface area contributed by atoms with Crippen molar-refractivity contribution in [3.8, 4) is 0 Å². The second kappa shape index (κ2) is 6.27. The summed E-state index contributed by atoms with van der Waals surface area (Å²) in [4.78, 5) is 10.4. The van der Waals surface area contributed by atoms with E-state index in [2.05, 4.69) is 13.8 Å². The van der Waals surface area contributed by atoms with Gasteiger partial charge in [-0.3, -0.25) is 4.79 Å². The lowest BCUT2D eigenvalue weighted by atomic mass is 10.2. The molecule has 0 aromatic heterocycles. The van der Waals surface area contributed by atoms with E-state index in [1.807, 2.05) is 6.92 Å². The van der Waals surface area contributed by atoms with Crippen molar-refractivity contribution in [1.29, 1.82) is 0 Å². The van der Waals surface area contributed by atoms with Crippen molar-refractivity contribution in [2.75, 3.05) is 0 Å². The van der Waals surface area contributed by atoms with Crippen LogP contribution in [0.2, 0.25) is 0 Å². The Morgan fingerprint density at radius 3 is 2.46 bits per heavy atom. The second-order valence-corrected chi connectivity index (χ2v) is 5.14. The van der Waals surface area contributed by atoms with Crippen molar-refractivity contribution in [3.05, 3.63) is 0 Å². The third kappa shape index (κ3) is 5.93. The molecule has 0 heterocycles. The van der Waals surface area contributed by atoms with Crippen LogP contribution in [-0.4, -0.2) is 27.6 Å². The van der Waals surface area contributed by atoms with Gasteiger partial charge in [0.25, 0.3) is 0 Å². The van der Waals surface area contributed by atoms with Crippen LogP contribution < -0.4 is 5.73 Å². The molecule has 0 aliphatic rings. The van der Waals surface area contributed by atoms with E-state index in [0.717, 1.165) is 6.42 Å². The zero-order valence-corrected chi connectivity index (χ0v) is 9.30. The van der Waals surface area contributed by atoms with Gasteiger partial charge in [0.2, 0.25) is 0 Å². The smallest absolute Gasteiger partial charge is 0.304 e. The van der Waals surface area contributed by atoms with Gasteiger partial charge in [-0.05, 0) is 6.42 Å². The Bertz CT molecular complexity index is 164. The molecule has 3 nitrogen and oxygen atoms in total. The summed E-state index contributed by atoms with van der Waals surface area (Å²) in [5.41, 5.74) is 5.72. The molecule has 0 saturated carbocycles. The summed E-state index contributed by atoms with van der Waals surface area (Å²) in [5, 5.41) is 9.30. The summed E-state index contributed by atoms with van der Waals surface area (Å²) in [6, 6.07) is -0.239. The third-order valence-corrected chi connectivity index (χ3v) is 3.61. The average molecular weight is 205 g/mol. The molecule has 0 amide bonds. The number of carboxylic acid groups (broad SMARTS) is 1. The largest absolute Gasteiger partial charge is 0.481 e. The number of nitrogens with two attached hydrogens (primary N) is 1. The van der Waals surface area contributed by atoms with Crippen LogP contribution in [0.15, 0.2) is 0 Å². The first-order chi connectivity index (χ1) is 5.97. The zero-order valence-electron chi connectivity index (χ0n) is 8.49. The molecule has 0 saturated heterocycles. The first-order valence-electron chi connectivity index (χ1n) is 4.60. The predicted octanol–water partition coefficient (Wildman–Crippen LogP) is 1.71. The van der Waals surface area contributed by atoms with E-state index in [-0.39, 0.29) is 17.7 Å². The van der Waals surface area contributed by atoms with Crippen LogP contribution in [0.5, 0.6) is 0 Å². The van der Waals surface area contributed by atoms with Crippen molar-refractivity contribution in [1.82, 2.24) is 0 Å². The van der Waals surface area contributed by atoms with Gasteiger partial charge in [0.05, 0.1) is 6.42 Å². The molecule has 0 bridgehead atoms. The number of thioether (sulfide) groups is 1. The van der Waals surface area contributed by atoms with Gasteiger partial charge >= 0.3 is 5.97 Å². The van der Waals surface area contributed by atoms with Crippen LogP contribution in [-0.2, 0) is 4.79 Å². The monoisotopic (exact) mass is 205 g/mol. The molecule has 0 radical (unpaired) electrons. The fourth-order valence-electron chi connectivity index (χ4n) is 0.931. The highest BCUT2D eigenvalue weighted by molar-refractivity contribution is 8.00. The van der Waals surface area contributed by atoms with Crippen LogP contribution in [0, 0.1) is 0 Å². The molecular weight excluding hydrogens is 186 g/mol. The molecule has 4 heteroatoms. The Balaban J connectivity index is 3.81. The first kappa shape index (κ1) is 12.8. The lowest BCUT2D eigenvalue weighted by molar-refractivity contribution is -0.137. The minimum absolute atomic E-state index is 0.0601. The summed E-state index contributed by atoms with van der Waals surface area (Å²) in [7, 11) is 0. The topological polar surface area (TPSA) is 63.3 Å². The summed E-state index contributed by atoms with van der Waals surface area (Å²) >= 11 is 1.76. The molecule has 3 atom stereocenters. The third-order valence-electron chi connectivity index (χ3n) is 2.04. The van der Waals surface area contributed by atoms with E-state index < -0.39 is 5.97 Å². The number of carboxylic acids is 1. The summed E-state index contributed by atoms with van der Waals surface area (Å²) < 4.78 is 0. The van der Waals surface area contributed by atoms with E-state index >= 15 is 0 Å². The van der Waals surface area contributed by atoms with Crippen molar-refractivity contribution in [3.63, 3.8) is 0 Å². The van der Waals surface area contributed by atoms with Crippen molar-refractivity contribution in [2.24, 2.45) is 5.73 Å². The first-order valence-corrected chi connectivity index (χ1v) is 5.54. The molecule has 0 rings (SSSR count). The fraction of sp³-hybridized carbons (Fsp3) is 0.889. The molecule has 13 heavy (non-hydrogen) atoms. The molecule has 0 aliphatic heterocycles. The van der Waals surface area contributed by atoms with Gasteiger partial charge in [-0.2, -0.15) is 11.8 Å². The molecule has 3 N–H and O–H groups in total. The summed E-state index contributed by atoms with van der Waals surface area (Å²) in [5.74, 6) is -0.816. The molecule has 0 spiro atoms. The SMILES string of the molecule is CCC(C)S[C@@H](C)[C@@H](N)CC(=O)O. The maximum atomic E-state index is 10.4. The molecule has 78 valence electrons. The molecule has 0 aromatic carbocycles.